The SMILES string of the molecule is CC(=O)c1cccc(NC(=O)CCc2nccs2)c1. The van der Waals surface area contributed by atoms with Crippen LogP contribution in [0.3, 0.4) is 0 Å². The Morgan fingerprint density at radius 2 is 2.21 bits per heavy atom. The number of aromatic nitrogens is 1. The fourth-order valence-electron chi connectivity index (χ4n) is 1.64. The fourth-order valence-corrected chi connectivity index (χ4v) is 2.26. The molecule has 0 bridgehead atoms. The molecule has 0 spiro atoms. The van der Waals surface area contributed by atoms with Crippen molar-refractivity contribution in [1.82, 2.24) is 4.98 Å². The third-order valence-corrected chi connectivity index (χ3v) is 3.44. The number of carbonyl (C=O) groups is 2. The van der Waals surface area contributed by atoms with E-state index in [1.165, 1.54) is 6.92 Å². The van der Waals surface area contributed by atoms with Gasteiger partial charge in [0.25, 0.3) is 0 Å². The summed E-state index contributed by atoms with van der Waals surface area (Å²) in [6, 6.07) is 6.94. The number of anilines is 1. The van der Waals surface area contributed by atoms with E-state index in [2.05, 4.69) is 10.3 Å². The van der Waals surface area contributed by atoms with Gasteiger partial charge >= 0.3 is 0 Å². The molecule has 4 nitrogen and oxygen atoms in total. The van der Waals surface area contributed by atoms with E-state index < -0.39 is 0 Å². The maximum atomic E-state index is 11.8. The fraction of sp³-hybridized carbons (Fsp3) is 0.214. The lowest BCUT2D eigenvalue weighted by Gasteiger charge is -2.05. The van der Waals surface area contributed by atoms with E-state index in [4.69, 9.17) is 0 Å². The van der Waals surface area contributed by atoms with Crippen LogP contribution in [-0.4, -0.2) is 16.7 Å². The minimum absolute atomic E-state index is 0.0149. The standard InChI is InChI=1S/C14H14N2O2S/c1-10(17)11-3-2-4-12(9-11)16-13(18)5-6-14-15-7-8-19-14/h2-4,7-9H,5-6H2,1H3,(H,16,18). The predicted octanol–water partition coefficient (Wildman–Crippen LogP) is 2.92. The van der Waals surface area contributed by atoms with Crippen molar-refractivity contribution < 1.29 is 9.59 Å². The Hall–Kier alpha value is -2.01. The summed E-state index contributed by atoms with van der Waals surface area (Å²) >= 11 is 1.54. The van der Waals surface area contributed by atoms with Gasteiger partial charge in [0, 0.05) is 35.7 Å². The van der Waals surface area contributed by atoms with Gasteiger partial charge in [0.2, 0.25) is 5.91 Å². The van der Waals surface area contributed by atoms with Crippen LogP contribution < -0.4 is 5.32 Å². The first-order valence-corrected chi connectivity index (χ1v) is 6.82. The summed E-state index contributed by atoms with van der Waals surface area (Å²) in [5.41, 5.74) is 1.24. The molecule has 0 radical (unpaired) electrons. The van der Waals surface area contributed by atoms with Gasteiger partial charge in [0.1, 0.15) is 0 Å². The highest BCUT2D eigenvalue weighted by Gasteiger charge is 2.06. The van der Waals surface area contributed by atoms with Gasteiger partial charge in [-0.15, -0.1) is 11.3 Å². The molecule has 0 saturated carbocycles. The normalized spacial score (nSPS) is 10.2. The molecule has 5 heteroatoms. The third kappa shape index (κ3) is 3.99. The summed E-state index contributed by atoms with van der Waals surface area (Å²) in [5.74, 6) is -0.0882. The summed E-state index contributed by atoms with van der Waals surface area (Å²) in [5, 5.41) is 5.63. The number of carbonyl (C=O) groups excluding carboxylic acids is 2. The van der Waals surface area contributed by atoms with Gasteiger partial charge in [-0.05, 0) is 19.1 Å². The van der Waals surface area contributed by atoms with Crippen LogP contribution in [0.15, 0.2) is 35.8 Å². The maximum Gasteiger partial charge on any atom is 0.224 e. The molecule has 0 aliphatic heterocycles. The van der Waals surface area contributed by atoms with Crippen molar-refractivity contribution in [3.05, 3.63) is 46.4 Å². The van der Waals surface area contributed by atoms with E-state index in [0.717, 1.165) is 5.01 Å². The topological polar surface area (TPSA) is 59.1 Å². The van der Waals surface area contributed by atoms with E-state index >= 15 is 0 Å². The van der Waals surface area contributed by atoms with Crippen molar-refractivity contribution in [2.45, 2.75) is 19.8 Å². The molecule has 19 heavy (non-hydrogen) atoms. The molecule has 0 fully saturated rings. The van der Waals surface area contributed by atoms with Crippen molar-refractivity contribution >= 4 is 28.7 Å². The van der Waals surface area contributed by atoms with Crippen molar-refractivity contribution in [3.63, 3.8) is 0 Å². The molecule has 0 unspecified atom stereocenters. The Labute approximate surface area is 115 Å². The molecule has 1 heterocycles. The minimum atomic E-state index is -0.0732. The number of aryl methyl sites for hydroxylation is 1. The summed E-state index contributed by atoms with van der Waals surface area (Å²) in [7, 11) is 0. The first kappa shape index (κ1) is 13.4. The largest absolute Gasteiger partial charge is 0.326 e. The number of nitrogens with one attached hydrogen (secondary N) is 1. The highest BCUT2D eigenvalue weighted by atomic mass is 32.1. The molecule has 2 aromatic rings. The van der Waals surface area contributed by atoms with Gasteiger partial charge in [-0.25, -0.2) is 4.98 Å². The molecule has 98 valence electrons. The molecule has 1 aromatic heterocycles. The van der Waals surface area contributed by atoms with Gasteiger partial charge < -0.3 is 5.32 Å². The number of hydrogen-bond donors (Lipinski definition) is 1. The molecule has 0 aliphatic carbocycles. The van der Waals surface area contributed by atoms with Crippen molar-refractivity contribution in [2.24, 2.45) is 0 Å². The Kier molecular flexibility index (Phi) is 4.41. The van der Waals surface area contributed by atoms with Crippen LogP contribution in [0.5, 0.6) is 0 Å². The number of thiazole rings is 1. The van der Waals surface area contributed by atoms with Crippen LogP contribution >= 0.6 is 11.3 Å². The van der Waals surface area contributed by atoms with E-state index in [-0.39, 0.29) is 11.7 Å². The Bertz CT molecular complexity index is 579. The quantitative estimate of drug-likeness (QED) is 0.853. The number of Topliss-reactive ketones (excluding diaryl/α,β-unsaturated/α-hetero) is 1. The van der Waals surface area contributed by atoms with Crippen molar-refractivity contribution in [2.75, 3.05) is 5.32 Å². The van der Waals surface area contributed by atoms with Gasteiger partial charge in [-0.1, -0.05) is 12.1 Å². The van der Waals surface area contributed by atoms with Crippen LogP contribution in [0.1, 0.15) is 28.7 Å². The zero-order chi connectivity index (χ0) is 13.7. The number of nitrogens with zero attached hydrogens (tertiary/aromatic N) is 1. The monoisotopic (exact) mass is 274 g/mol. The first-order valence-electron chi connectivity index (χ1n) is 5.94. The molecule has 0 saturated heterocycles. The maximum absolute atomic E-state index is 11.8. The zero-order valence-electron chi connectivity index (χ0n) is 10.6. The van der Waals surface area contributed by atoms with Crippen LogP contribution in [0, 0.1) is 0 Å². The molecule has 1 amide bonds. The smallest absolute Gasteiger partial charge is 0.224 e. The van der Waals surface area contributed by atoms with E-state index in [9.17, 15) is 9.59 Å². The molecule has 1 N–H and O–H groups in total. The Morgan fingerprint density at radius 1 is 1.37 bits per heavy atom. The highest BCUT2D eigenvalue weighted by molar-refractivity contribution is 7.09. The van der Waals surface area contributed by atoms with Gasteiger partial charge in [0.05, 0.1) is 5.01 Å². The van der Waals surface area contributed by atoms with Crippen LogP contribution in [0.25, 0.3) is 0 Å². The second-order valence-electron chi connectivity index (χ2n) is 4.11. The molecular formula is C14H14N2O2S. The third-order valence-electron chi connectivity index (χ3n) is 2.60. The van der Waals surface area contributed by atoms with Crippen molar-refractivity contribution in [1.29, 1.82) is 0 Å². The lowest BCUT2D eigenvalue weighted by atomic mass is 10.1. The van der Waals surface area contributed by atoms with Gasteiger partial charge in [-0.3, -0.25) is 9.59 Å². The summed E-state index contributed by atoms with van der Waals surface area (Å²) < 4.78 is 0. The van der Waals surface area contributed by atoms with Gasteiger partial charge in [-0.2, -0.15) is 0 Å². The Morgan fingerprint density at radius 3 is 2.89 bits per heavy atom. The van der Waals surface area contributed by atoms with E-state index in [0.29, 0.717) is 24.1 Å². The molecule has 1 aromatic carbocycles. The summed E-state index contributed by atoms with van der Waals surface area (Å²) in [6.45, 7) is 1.50. The molecule has 2 rings (SSSR count). The van der Waals surface area contributed by atoms with E-state index in [1.807, 2.05) is 5.38 Å². The minimum Gasteiger partial charge on any atom is -0.326 e. The lowest BCUT2D eigenvalue weighted by molar-refractivity contribution is -0.116. The number of hydrogen-bond acceptors (Lipinski definition) is 4. The second-order valence-corrected chi connectivity index (χ2v) is 5.09. The van der Waals surface area contributed by atoms with Crippen LogP contribution in [0.4, 0.5) is 5.69 Å². The molecule has 0 atom stereocenters. The van der Waals surface area contributed by atoms with Crippen LogP contribution in [0.2, 0.25) is 0 Å². The number of ketones is 1. The van der Waals surface area contributed by atoms with Crippen LogP contribution in [-0.2, 0) is 11.2 Å². The zero-order valence-corrected chi connectivity index (χ0v) is 11.4. The Balaban J connectivity index is 1.91. The average Bonchev–Trinajstić information content (AvgIpc) is 2.90. The number of rotatable bonds is 5. The summed E-state index contributed by atoms with van der Waals surface area (Å²) in [6.07, 6.45) is 2.75. The number of amides is 1. The van der Waals surface area contributed by atoms with Gasteiger partial charge in [0.15, 0.2) is 5.78 Å². The molecular weight excluding hydrogens is 260 g/mol. The number of benzene rings is 1. The van der Waals surface area contributed by atoms with Crippen molar-refractivity contribution in [3.8, 4) is 0 Å². The lowest BCUT2D eigenvalue weighted by Crippen LogP contribution is -2.12. The average molecular weight is 274 g/mol. The molecule has 0 aliphatic rings. The second kappa shape index (κ2) is 6.24. The van der Waals surface area contributed by atoms with E-state index in [1.54, 1.807) is 41.8 Å². The highest BCUT2D eigenvalue weighted by Crippen LogP contribution is 2.12. The predicted molar refractivity (Wildman–Crippen MR) is 75.5 cm³/mol. The summed E-state index contributed by atoms with van der Waals surface area (Å²) in [4.78, 5) is 27.1. The first-order chi connectivity index (χ1) is 9.15.